The van der Waals surface area contributed by atoms with E-state index in [0.717, 1.165) is 0 Å². The van der Waals surface area contributed by atoms with E-state index in [1.807, 2.05) is 13.8 Å². The molecule has 19 heavy (non-hydrogen) atoms. The second-order valence-electron chi connectivity index (χ2n) is 5.31. The van der Waals surface area contributed by atoms with Crippen molar-refractivity contribution in [1.82, 2.24) is 9.71 Å². The van der Waals surface area contributed by atoms with Crippen molar-refractivity contribution < 1.29 is 13.2 Å². The zero-order valence-corrected chi connectivity index (χ0v) is 11.8. The molecular weight excluding hydrogens is 268 g/mol. The number of pyridine rings is 1. The second kappa shape index (κ2) is 5.07. The van der Waals surface area contributed by atoms with Crippen molar-refractivity contribution in [3.63, 3.8) is 0 Å². The summed E-state index contributed by atoms with van der Waals surface area (Å²) in [7, 11) is -3.60. The summed E-state index contributed by atoms with van der Waals surface area (Å²) in [4.78, 5) is 13.4. The van der Waals surface area contributed by atoms with Gasteiger partial charge in [0.05, 0.1) is 10.5 Å². The lowest BCUT2D eigenvalue weighted by atomic mass is 9.95. The Bertz CT molecular complexity index is 586. The van der Waals surface area contributed by atoms with Crippen LogP contribution in [0.4, 0.5) is 0 Å². The Morgan fingerprint density at radius 1 is 1.42 bits per heavy atom. The lowest BCUT2D eigenvalue weighted by Crippen LogP contribution is -2.45. The number of hydrogen-bond donors (Lipinski definition) is 2. The van der Waals surface area contributed by atoms with E-state index in [-0.39, 0.29) is 22.1 Å². The van der Waals surface area contributed by atoms with Gasteiger partial charge in [-0.05, 0) is 32.8 Å². The van der Waals surface area contributed by atoms with Gasteiger partial charge < -0.3 is 9.72 Å². The van der Waals surface area contributed by atoms with Crippen molar-refractivity contribution in [2.45, 2.75) is 43.2 Å². The molecule has 0 aromatic carbocycles. The van der Waals surface area contributed by atoms with Crippen molar-refractivity contribution in [1.29, 1.82) is 0 Å². The second-order valence-corrected chi connectivity index (χ2v) is 7.02. The van der Waals surface area contributed by atoms with Gasteiger partial charge in [-0.3, -0.25) is 4.79 Å². The molecule has 1 aromatic heterocycles. The Labute approximate surface area is 112 Å². The highest BCUT2D eigenvalue weighted by Crippen LogP contribution is 2.24. The van der Waals surface area contributed by atoms with Gasteiger partial charge in [-0.1, -0.05) is 0 Å². The number of sulfonamides is 1. The predicted molar refractivity (Wildman–Crippen MR) is 70.4 cm³/mol. The van der Waals surface area contributed by atoms with Crippen LogP contribution in [0.1, 0.15) is 26.7 Å². The number of H-pyrrole nitrogens is 1. The topological polar surface area (TPSA) is 88.3 Å². The molecule has 1 unspecified atom stereocenters. The molecule has 2 rings (SSSR count). The normalized spacial score (nSPS) is 23.2. The summed E-state index contributed by atoms with van der Waals surface area (Å²) >= 11 is 0. The van der Waals surface area contributed by atoms with Crippen molar-refractivity contribution in [2.24, 2.45) is 0 Å². The Kier molecular flexibility index (Phi) is 3.80. The first-order valence-corrected chi connectivity index (χ1v) is 7.62. The predicted octanol–water partition coefficient (Wildman–Crippen LogP) is 0.611. The fraction of sp³-hybridized carbons (Fsp3) is 0.583. The lowest BCUT2D eigenvalue weighted by Gasteiger charge is -2.35. The molecule has 7 heteroatoms. The number of aromatic nitrogens is 1. The molecule has 0 saturated carbocycles. The van der Waals surface area contributed by atoms with Crippen LogP contribution in [0, 0.1) is 0 Å². The number of hydrogen-bond acceptors (Lipinski definition) is 4. The number of nitrogens with one attached hydrogen (secondary N) is 2. The summed E-state index contributed by atoms with van der Waals surface area (Å²) in [6.45, 7) is 4.41. The summed E-state index contributed by atoms with van der Waals surface area (Å²) in [6, 6.07) is 2.34. The van der Waals surface area contributed by atoms with Gasteiger partial charge in [0, 0.05) is 24.9 Å². The Morgan fingerprint density at radius 2 is 2.16 bits per heavy atom. The van der Waals surface area contributed by atoms with Crippen LogP contribution in [0.15, 0.2) is 28.0 Å². The summed E-state index contributed by atoms with van der Waals surface area (Å²) in [5.74, 6) is 0. The van der Waals surface area contributed by atoms with Gasteiger partial charge in [-0.2, -0.15) is 0 Å². The Morgan fingerprint density at radius 3 is 2.74 bits per heavy atom. The molecule has 1 aliphatic heterocycles. The lowest BCUT2D eigenvalue weighted by molar-refractivity contribution is -0.0599. The number of aromatic amines is 1. The van der Waals surface area contributed by atoms with Crippen LogP contribution in [0.5, 0.6) is 0 Å². The van der Waals surface area contributed by atoms with Crippen molar-refractivity contribution in [2.75, 3.05) is 6.61 Å². The molecular formula is C12H18N2O4S. The van der Waals surface area contributed by atoms with Crippen LogP contribution in [0.25, 0.3) is 0 Å². The van der Waals surface area contributed by atoms with E-state index in [9.17, 15) is 13.2 Å². The molecule has 1 fully saturated rings. The molecule has 2 N–H and O–H groups in total. The monoisotopic (exact) mass is 286 g/mol. The van der Waals surface area contributed by atoms with Gasteiger partial charge in [0.25, 0.3) is 0 Å². The van der Waals surface area contributed by atoms with E-state index in [4.69, 9.17) is 4.74 Å². The molecule has 1 aliphatic rings. The first kappa shape index (κ1) is 14.2. The molecule has 106 valence electrons. The van der Waals surface area contributed by atoms with Gasteiger partial charge >= 0.3 is 0 Å². The van der Waals surface area contributed by atoms with E-state index >= 15 is 0 Å². The molecule has 0 amide bonds. The number of rotatable bonds is 3. The Balaban J connectivity index is 2.13. The molecule has 0 radical (unpaired) electrons. The van der Waals surface area contributed by atoms with Gasteiger partial charge in [-0.25, -0.2) is 13.1 Å². The summed E-state index contributed by atoms with van der Waals surface area (Å²) < 4.78 is 32.5. The van der Waals surface area contributed by atoms with Gasteiger partial charge in [-0.15, -0.1) is 0 Å². The largest absolute Gasteiger partial charge is 0.375 e. The smallest absolute Gasteiger partial charge is 0.247 e. The minimum Gasteiger partial charge on any atom is -0.375 e. The zero-order chi connectivity index (χ0) is 14.1. The Hall–Kier alpha value is -1.18. The number of ether oxygens (including phenoxy) is 1. The zero-order valence-electron chi connectivity index (χ0n) is 11.0. The van der Waals surface area contributed by atoms with Gasteiger partial charge in [0.2, 0.25) is 15.6 Å². The first-order valence-electron chi connectivity index (χ1n) is 6.14. The van der Waals surface area contributed by atoms with Crippen molar-refractivity contribution in [3.05, 3.63) is 28.7 Å². The van der Waals surface area contributed by atoms with E-state index in [0.29, 0.717) is 19.4 Å². The molecule has 0 aliphatic carbocycles. The highest BCUT2D eigenvalue weighted by molar-refractivity contribution is 7.89. The third-order valence-electron chi connectivity index (χ3n) is 3.08. The average molecular weight is 286 g/mol. The van der Waals surface area contributed by atoms with Crippen LogP contribution in [-0.2, 0) is 14.8 Å². The van der Waals surface area contributed by atoms with Crippen LogP contribution < -0.4 is 10.3 Å². The third kappa shape index (κ3) is 3.65. The quantitative estimate of drug-likeness (QED) is 0.852. The fourth-order valence-electron chi connectivity index (χ4n) is 2.18. The van der Waals surface area contributed by atoms with E-state index < -0.39 is 10.0 Å². The van der Waals surface area contributed by atoms with E-state index in [1.54, 1.807) is 0 Å². The standard InChI is InChI=1S/C12H18N2O4S/c1-12(2)7-9(5-6-18-12)14-19(16,17)10-3-4-11(15)13-8-10/h3-4,8-9,14H,5-7H2,1-2H3,(H,13,15). The minimum atomic E-state index is -3.60. The molecule has 6 nitrogen and oxygen atoms in total. The molecule has 0 spiro atoms. The maximum absolute atomic E-state index is 12.1. The molecule has 0 bridgehead atoms. The minimum absolute atomic E-state index is 0.0661. The van der Waals surface area contributed by atoms with Crippen LogP contribution in [0.3, 0.4) is 0 Å². The maximum Gasteiger partial charge on any atom is 0.247 e. The van der Waals surface area contributed by atoms with E-state index in [2.05, 4.69) is 9.71 Å². The summed E-state index contributed by atoms with van der Waals surface area (Å²) in [5, 5.41) is 0. The van der Waals surface area contributed by atoms with E-state index in [1.165, 1.54) is 18.3 Å². The van der Waals surface area contributed by atoms with Gasteiger partial charge in [0.15, 0.2) is 0 Å². The van der Waals surface area contributed by atoms with Crippen LogP contribution >= 0.6 is 0 Å². The summed E-state index contributed by atoms with van der Waals surface area (Å²) in [6.07, 6.45) is 2.47. The van der Waals surface area contributed by atoms with Crippen LogP contribution in [0.2, 0.25) is 0 Å². The average Bonchev–Trinajstić information content (AvgIpc) is 2.27. The molecule has 1 atom stereocenters. The molecule has 2 heterocycles. The van der Waals surface area contributed by atoms with Crippen molar-refractivity contribution >= 4 is 10.0 Å². The highest BCUT2D eigenvalue weighted by atomic mass is 32.2. The SMILES string of the molecule is CC1(C)CC(NS(=O)(=O)c2ccc(=O)[nH]c2)CCO1. The van der Waals surface area contributed by atoms with Crippen molar-refractivity contribution in [3.8, 4) is 0 Å². The summed E-state index contributed by atoms with van der Waals surface area (Å²) in [5.41, 5.74) is -0.651. The molecule has 1 saturated heterocycles. The van der Waals surface area contributed by atoms with Crippen LogP contribution in [-0.4, -0.2) is 31.7 Å². The first-order chi connectivity index (χ1) is 8.78. The highest BCUT2D eigenvalue weighted by Gasteiger charge is 2.31. The third-order valence-corrected chi connectivity index (χ3v) is 4.60. The molecule has 1 aromatic rings. The van der Waals surface area contributed by atoms with Gasteiger partial charge in [0.1, 0.15) is 0 Å². The fourth-order valence-corrected chi connectivity index (χ4v) is 3.42. The maximum atomic E-state index is 12.1.